The van der Waals surface area contributed by atoms with Crippen molar-refractivity contribution in [2.75, 3.05) is 7.11 Å². The zero-order chi connectivity index (χ0) is 15.0. The maximum Gasteiger partial charge on any atom is 0.119 e. The first-order valence-electron chi connectivity index (χ1n) is 8.00. The Morgan fingerprint density at radius 2 is 1.90 bits per heavy atom. The van der Waals surface area contributed by atoms with Crippen LogP contribution in [-0.4, -0.2) is 21.3 Å². The van der Waals surface area contributed by atoms with Gasteiger partial charge in [0.15, 0.2) is 0 Å². The van der Waals surface area contributed by atoms with E-state index in [1.807, 2.05) is 0 Å². The topological polar surface area (TPSA) is 18.5 Å². The second-order valence-corrected chi connectivity index (χ2v) is 12.4. The number of benzene rings is 1. The largest absolute Gasteiger partial charge is 0.497 e. The summed E-state index contributed by atoms with van der Waals surface area (Å²) in [6, 6.07) is 6.46. The van der Waals surface area contributed by atoms with Crippen LogP contribution >= 0.6 is 0 Å². The van der Waals surface area contributed by atoms with Crippen LogP contribution in [0.4, 0.5) is 0 Å². The Kier molecular flexibility index (Phi) is 3.97. The van der Waals surface area contributed by atoms with Crippen LogP contribution in [0, 0.1) is 0 Å². The van der Waals surface area contributed by atoms with Crippen LogP contribution < -0.4 is 4.74 Å². The highest BCUT2D eigenvalue weighted by molar-refractivity contribution is 6.81. The van der Waals surface area contributed by atoms with Crippen LogP contribution in [-0.2, 0) is 11.2 Å². The van der Waals surface area contributed by atoms with E-state index in [0.29, 0.717) is 6.10 Å². The van der Waals surface area contributed by atoms with Crippen molar-refractivity contribution in [1.29, 1.82) is 0 Å². The molecule has 0 amide bonds. The lowest BCUT2D eigenvalue weighted by atomic mass is 9.95. The molecule has 1 aromatic rings. The number of methoxy groups -OCH3 is 1. The molecule has 2 unspecified atom stereocenters. The van der Waals surface area contributed by atoms with Crippen molar-refractivity contribution in [2.24, 2.45) is 0 Å². The van der Waals surface area contributed by atoms with Crippen molar-refractivity contribution in [3.8, 4) is 5.75 Å². The van der Waals surface area contributed by atoms with Crippen molar-refractivity contribution in [3.63, 3.8) is 0 Å². The normalized spacial score (nSPS) is 27.1. The minimum Gasteiger partial charge on any atom is -0.497 e. The molecule has 2 atom stereocenters. The summed E-state index contributed by atoms with van der Waals surface area (Å²) in [5, 5.41) is 0. The van der Waals surface area contributed by atoms with Crippen molar-refractivity contribution >= 4 is 8.07 Å². The number of fused-ring (bicyclic) bond motifs is 4. The molecule has 1 saturated heterocycles. The van der Waals surface area contributed by atoms with Crippen LogP contribution in [0.3, 0.4) is 0 Å². The minimum atomic E-state index is -1.17. The van der Waals surface area contributed by atoms with Crippen molar-refractivity contribution in [2.45, 2.75) is 57.5 Å². The summed E-state index contributed by atoms with van der Waals surface area (Å²) in [6.07, 6.45) is 5.12. The number of hydrogen-bond donors (Lipinski definition) is 0. The van der Waals surface area contributed by atoms with Gasteiger partial charge in [-0.2, -0.15) is 0 Å². The quantitative estimate of drug-likeness (QED) is 0.739. The van der Waals surface area contributed by atoms with E-state index in [1.54, 1.807) is 12.7 Å². The molecule has 2 nitrogen and oxygen atoms in total. The van der Waals surface area contributed by atoms with Gasteiger partial charge in [0.05, 0.1) is 27.4 Å². The summed E-state index contributed by atoms with van der Waals surface area (Å²) in [5.41, 5.74) is 6.91. The van der Waals surface area contributed by atoms with E-state index in [2.05, 4.69) is 43.5 Å². The Hall–Kier alpha value is -1.06. The zero-order valence-electron chi connectivity index (χ0n) is 13.6. The molecule has 1 fully saturated rings. The molecule has 0 aromatic heterocycles. The van der Waals surface area contributed by atoms with E-state index in [9.17, 15) is 0 Å². The Morgan fingerprint density at radius 1 is 1.14 bits per heavy atom. The Morgan fingerprint density at radius 3 is 2.62 bits per heavy atom. The first kappa shape index (κ1) is 14.9. The lowest BCUT2D eigenvalue weighted by Crippen LogP contribution is -2.27. The molecule has 0 spiro atoms. The molecule has 2 aliphatic heterocycles. The van der Waals surface area contributed by atoms with Crippen LogP contribution in [0.1, 0.15) is 36.5 Å². The van der Waals surface area contributed by atoms with Crippen LogP contribution in [0.15, 0.2) is 29.5 Å². The maximum absolute atomic E-state index is 6.42. The molecule has 0 saturated carbocycles. The molecule has 3 rings (SSSR count). The molecular weight excluding hydrogens is 276 g/mol. The van der Waals surface area contributed by atoms with E-state index >= 15 is 0 Å². The molecule has 0 aliphatic carbocycles. The van der Waals surface area contributed by atoms with Crippen molar-refractivity contribution < 1.29 is 9.47 Å². The fraction of sp³-hybridized carbons (Fsp3) is 0.556. The molecule has 114 valence electrons. The van der Waals surface area contributed by atoms with Gasteiger partial charge in [0.25, 0.3) is 0 Å². The highest BCUT2D eigenvalue weighted by atomic mass is 28.3. The monoisotopic (exact) mass is 302 g/mol. The van der Waals surface area contributed by atoms with Crippen LogP contribution in [0.2, 0.25) is 19.6 Å². The number of ether oxygens (including phenoxy) is 2. The average molecular weight is 302 g/mol. The fourth-order valence-electron chi connectivity index (χ4n) is 3.54. The molecule has 21 heavy (non-hydrogen) atoms. The van der Waals surface area contributed by atoms with E-state index in [4.69, 9.17) is 9.47 Å². The molecule has 0 N–H and O–H groups in total. The minimum absolute atomic E-state index is 0.275. The fourth-order valence-corrected chi connectivity index (χ4v) is 4.98. The third-order valence-electron chi connectivity index (χ3n) is 4.43. The van der Waals surface area contributed by atoms with Gasteiger partial charge in [-0.15, -0.1) is 0 Å². The molecule has 0 radical (unpaired) electrons. The van der Waals surface area contributed by atoms with E-state index in [1.165, 1.54) is 17.5 Å². The van der Waals surface area contributed by atoms with Gasteiger partial charge in [-0.05, 0) is 54.5 Å². The molecular formula is C18H26O2Si. The average Bonchev–Trinajstić information content (AvgIpc) is 2.58. The predicted molar refractivity (Wildman–Crippen MR) is 89.6 cm³/mol. The molecule has 2 bridgehead atoms. The van der Waals surface area contributed by atoms with Gasteiger partial charge in [-0.1, -0.05) is 31.4 Å². The Balaban J connectivity index is 1.89. The second kappa shape index (κ2) is 5.62. The molecule has 2 heterocycles. The van der Waals surface area contributed by atoms with Gasteiger partial charge in [0.2, 0.25) is 0 Å². The van der Waals surface area contributed by atoms with Gasteiger partial charge in [-0.3, -0.25) is 0 Å². The van der Waals surface area contributed by atoms with Crippen molar-refractivity contribution in [1.82, 2.24) is 0 Å². The van der Waals surface area contributed by atoms with Gasteiger partial charge in [0, 0.05) is 0 Å². The number of aryl methyl sites for hydroxylation is 1. The van der Waals surface area contributed by atoms with Gasteiger partial charge in [0.1, 0.15) is 5.75 Å². The van der Waals surface area contributed by atoms with Crippen LogP contribution in [0.25, 0.3) is 0 Å². The van der Waals surface area contributed by atoms with E-state index in [0.717, 1.165) is 25.0 Å². The molecule has 3 heteroatoms. The van der Waals surface area contributed by atoms with Gasteiger partial charge in [-0.25, -0.2) is 0 Å². The van der Waals surface area contributed by atoms with E-state index in [-0.39, 0.29) is 6.10 Å². The first-order valence-corrected chi connectivity index (χ1v) is 11.6. The molecule has 2 aliphatic rings. The number of hydrogen-bond acceptors (Lipinski definition) is 2. The van der Waals surface area contributed by atoms with Crippen molar-refractivity contribution in [3.05, 3.63) is 40.6 Å². The second-order valence-electron chi connectivity index (χ2n) is 7.34. The summed E-state index contributed by atoms with van der Waals surface area (Å²) in [7, 11) is 0.565. The Bertz CT molecular complexity index is 557. The lowest BCUT2D eigenvalue weighted by molar-refractivity contribution is -0.0187. The smallest absolute Gasteiger partial charge is 0.119 e. The first-order chi connectivity index (χ1) is 9.96. The third kappa shape index (κ3) is 3.24. The lowest BCUT2D eigenvalue weighted by Gasteiger charge is -2.32. The highest BCUT2D eigenvalue weighted by Gasteiger charge is 2.32. The summed E-state index contributed by atoms with van der Waals surface area (Å²) in [4.78, 5) is 0. The third-order valence-corrected chi connectivity index (χ3v) is 5.67. The zero-order valence-corrected chi connectivity index (χ0v) is 14.6. The summed E-state index contributed by atoms with van der Waals surface area (Å²) >= 11 is 0. The number of rotatable bonds is 2. The SMILES string of the molecule is COc1ccc2c(c1)CCC1OC2CC/C1=C/[Si](C)(C)C. The summed E-state index contributed by atoms with van der Waals surface area (Å²) in [5.74, 6) is 0.961. The highest BCUT2D eigenvalue weighted by Crippen LogP contribution is 2.41. The summed E-state index contributed by atoms with van der Waals surface area (Å²) in [6.45, 7) is 7.22. The maximum atomic E-state index is 6.42. The Labute approximate surface area is 129 Å². The van der Waals surface area contributed by atoms with E-state index < -0.39 is 8.07 Å². The van der Waals surface area contributed by atoms with Gasteiger partial charge >= 0.3 is 0 Å². The van der Waals surface area contributed by atoms with Gasteiger partial charge < -0.3 is 9.47 Å². The summed E-state index contributed by atoms with van der Waals surface area (Å²) < 4.78 is 11.8. The predicted octanol–water partition coefficient (Wildman–Crippen LogP) is 4.67. The molecule has 1 aromatic carbocycles. The standard InChI is InChI=1S/C18H26O2Si/c1-19-15-7-8-16-13(11-15)5-9-17-14(12-21(2,3)4)6-10-18(16)20-17/h7-8,11-12,17-18H,5-6,9-10H2,1-4H3/b14-12-. The van der Waals surface area contributed by atoms with Crippen LogP contribution in [0.5, 0.6) is 5.75 Å².